The molecule has 0 amide bonds. The van der Waals surface area contributed by atoms with Crippen LogP contribution in [0.2, 0.25) is 0 Å². The molecule has 17 heavy (non-hydrogen) atoms. The fourth-order valence-electron chi connectivity index (χ4n) is 2.79. The maximum Gasteiger partial charge on any atom is 0.416 e. The van der Waals surface area contributed by atoms with Crippen LogP contribution in [-0.2, 0) is 11.6 Å². The zero-order valence-electron chi connectivity index (χ0n) is 9.72. The third kappa shape index (κ3) is 2.32. The highest BCUT2D eigenvalue weighted by atomic mass is 19.4. The minimum absolute atomic E-state index is 0.0151. The van der Waals surface area contributed by atoms with Gasteiger partial charge in [-0.15, -0.1) is 0 Å². The summed E-state index contributed by atoms with van der Waals surface area (Å²) in [5.41, 5.74) is 5.26. The lowest BCUT2D eigenvalue weighted by Crippen LogP contribution is -2.25. The van der Waals surface area contributed by atoms with Crippen molar-refractivity contribution in [1.82, 2.24) is 0 Å². The lowest BCUT2D eigenvalue weighted by Gasteiger charge is -2.28. The van der Waals surface area contributed by atoms with Gasteiger partial charge in [-0.05, 0) is 36.3 Å². The first kappa shape index (κ1) is 12.4. The van der Waals surface area contributed by atoms with Crippen LogP contribution in [0.3, 0.4) is 0 Å². The summed E-state index contributed by atoms with van der Waals surface area (Å²) in [7, 11) is 0. The highest BCUT2D eigenvalue weighted by molar-refractivity contribution is 5.37. The van der Waals surface area contributed by atoms with E-state index < -0.39 is 17.2 Å². The second kappa shape index (κ2) is 4.02. The monoisotopic (exact) mass is 243 g/mol. The van der Waals surface area contributed by atoms with Crippen LogP contribution < -0.4 is 5.73 Å². The molecule has 1 nitrogen and oxygen atoms in total. The summed E-state index contributed by atoms with van der Waals surface area (Å²) in [6.07, 6.45) is -2.14. The zero-order chi connectivity index (χ0) is 12.7. The predicted octanol–water partition coefficient (Wildman–Crippen LogP) is 3.47. The standard InChI is InChI=1S/C13H16F3N/c1-12(7-6-9(17)8-12)10-4-2-3-5-11(10)13(14,15)16/h2-5,9H,6-8,17H2,1H3. The highest BCUT2D eigenvalue weighted by Crippen LogP contribution is 2.45. The van der Waals surface area contributed by atoms with Crippen molar-refractivity contribution in [3.63, 3.8) is 0 Å². The van der Waals surface area contributed by atoms with Crippen molar-refractivity contribution in [2.75, 3.05) is 0 Å². The fourth-order valence-corrected chi connectivity index (χ4v) is 2.79. The molecule has 2 N–H and O–H groups in total. The van der Waals surface area contributed by atoms with Gasteiger partial charge in [0.2, 0.25) is 0 Å². The third-order valence-electron chi connectivity index (χ3n) is 3.66. The van der Waals surface area contributed by atoms with Gasteiger partial charge in [-0.25, -0.2) is 0 Å². The molecule has 0 aliphatic heterocycles. The third-order valence-corrected chi connectivity index (χ3v) is 3.66. The first-order chi connectivity index (χ1) is 7.83. The topological polar surface area (TPSA) is 26.0 Å². The molecule has 1 fully saturated rings. The van der Waals surface area contributed by atoms with Gasteiger partial charge in [0, 0.05) is 6.04 Å². The van der Waals surface area contributed by atoms with Crippen molar-refractivity contribution in [3.05, 3.63) is 35.4 Å². The van der Waals surface area contributed by atoms with E-state index in [1.807, 2.05) is 6.92 Å². The van der Waals surface area contributed by atoms with Gasteiger partial charge in [-0.2, -0.15) is 13.2 Å². The van der Waals surface area contributed by atoms with Gasteiger partial charge < -0.3 is 5.73 Å². The largest absolute Gasteiger partial charge is 0.416 e. The molecule has 1 aliphatic carbocycles. The van der Waals surface area contributed by atoms with Crippen molar-refractivity contribution < 1.29 is 13.2 Å². The quantitative estimate of drug-likeness (QED) is 0.803. The Bertz CT molecular complexity index is 413. The first-order valence-electron chi connectivity index (χ1n) is 5.75. The van der Waals surface area contributed by atoms with E-state index in [0.29, 0.717) is 12.0 Å². The normalized spacial score (nSPS) is 29.6. The molecule has 0 saturated heterocycles. The van der Waals surface area contributed by atoms with Gasteiger partial charge in [0.15, 0.2) is 0 Å². The molecule has 2 unspecified atom stereocenters. The van der Waals surface area contributed by atoms with E-state index in [0.717, 1.165) is 18.9 Å². The van der Waals surface area contributed by atoms with Crippen molar-refractivity contribution in [1.29, 1.82) is 0 Å². The van der Waals surface area contributed by atoms with Gasteiger partial charge >= 0.3 is 6.18 Å². The number of halogens is 3. The Hall–Kier alpha value is -1.03. The second-order valence-corrected chi connectivity index (χ2v) is 5.11. The van der Waals surface area contributed by atoms with Crippen molar-refractivity contribution in [2.24, 2.45) is 5.73 Å². The molecule has 2 rings (SSSR count). The molecule has 0 bridgehead atoms. The van der Waals surface area contributed by atoms with Crippen LogP contribution in [0.5, 0.6) is 0 Å². The maximum absolute atomic E-state index is 12.9. The summed E-state index contributed by atoms with van der Waals surface area (Å²) >= 11 is 0. The zero-order valence-corrected chi connectivity index (χ0v) is 9.72. The molecule has 94 valence electrons. The van der Waals surface area contributed by atoms with Crippen LogP contribution in [0, 0.1) is 0 Å². The van der Waals surface area contributed by atoms with Crippen LogP contribution in [0.15, 0.2) is 24.3 Å². The molecule has 1 aliphatic rings. The van der Waals surface area contributed by atoms with Crippen LogP contribution in [-0.4, -0.2) is 6.04 Å². The van der Waals surface area contributed by atoms with Crippen molar-refractivity contribution in [3.8, 4) is 0 Å². The van der Waals surface area contributed by atoms with Gasteiger partial charge in [-0.3, -0.25) is 0 Å². The Kier molecular flexibility index (Phi) is 2.94. The average molecular weight is 243 g/mol. The number of rotatable bonds is 1. The number of hydrogen-bond donors (Lipinski definition) is 1. The molecule has 0 radical (unpaired) electrons. The van der Waals surface area contributed by atoms with Gasteiger partial charge in [0.1, 0.15) is 0 Å². The Morgan fingerprint density at radius 3 is 2.47 bits per heavy atom. The summed E-state index contributed by atoms with van der Waals surface area (Å²) in [6.45, 7) is 1.88. The van der Waals surface area contributed by atoms with Gasteiger partial charge in [0.05, 0.1) is 5.56 Å². The Balaban J connectivity index is 2.46. The van der Waals surface area contributed by atoms with E-state index in [2.05, 4.69) is 0 Å². The lowest BCUT2D eigenvalue weighted by molar-refractivity contribution is -0.138. The summed E-state index contributed by atoms with van der Waals surface area (Å²) < 4.78 is 38.8. The van der Waals surface area contributed by atoms with E-state index >= 15 is 0 Å². The molecule has 0 aromatic heterocycles. The Morgan fingerprint density at radius 2 is 1.94 bits per heavy atom. The smallest absolute Gasteiger partial charge is 0.328 e. The van der Waals surface area contributed by atoms with Crippen LogP contribution in [0.1, 0.15) is 37.3 Å². The molecule has 1 aromatic rings. The fraction of sp³-hybridized carbons (Fsp3) is 0.538. The SMILES string of the molecule is CC1(c2ccccc2C(F)(F)F)CCC(N)C1. The van der Waals surface area contributed by atoms with Gasteiger partial charge in [0.25, 0.3) is 0 Å². The van der Waals surface area contributed by atoms with Gasteiger partial charge in [-0.1, -0.05) is 25.1 Å². The maximum atomic E-state index is 12.9. The number of benzene rings is 1. The van der Waals surface area contributed by atoms with Crippen LogP contribution >= 0.6 is 0 Å². The molecule has 0 spiro atoms. The summed E-state index contributed by atoms with van der Waals surface area (Å²) in [6, 6.07) is 5.86. The molecular formula is C13H16F3N. The first-order valence-corrected chi connectivity index (χ1v) is 5.75. The van der Waals surface area contributed by atoms with Crippen molar-refractivity contribution >= 4 is 0 Å². The van der Waals surface area contributed by atoms with E-state index in [9.17, 15) is 13.2 Å². The van der Waals surface area contributed by atoms with Crippen LogP contribution in [0.4, 0.5) is 13.2 Å². The number of alkyl halides is 3. The number of nitrogens with two attached hydrogens (primary N) is 1. The molecular weight excluding hydrogens is 227 g/mol. The van der Waals surface area contributed by atoms with Crippen molar-refractivity contribution in [2.45, 2.75) is 43.8 Å². The molecule has 1 saturated carbocycles. The average Bonchev–Trinajstić information content (AvgIpc) is 2.59. The Morgan fingerprint density at radius 1 is 1.29 bits per heavy atom. The summed E-state index contributed by atoms with van der Waals surface area (Å²) in [5, 5.41) is 0. The minimum Gasteiger partial charge on any atom is -0.328 e. The molecule has 4 heteroatoms. The van der Waals surface area contributed by atoms with E-state index in [-0.39, 0.29) is 6.04 Å². The van der Waals surface area contributed by atoms with E-state index in [4.69, 9.17) is 5.73 Å². The second-order valence-electron chi connectivity index (χ2n) is 5.11. The molecule has 1 aromatic carbocycles. The highest BCUT2D eigenvalue weighted by Gasteiger charge is 2.42. The number of hydrogen-bond acceptors (Lipinski definition) is 1. The Labute approximate surface area is 98.8 Å². The molecule has 2 atom stereocenters. The summed E-state index contributed by atoms with van der Waals surface area (Å²) in [5.74, 6) is 0. The molecule has 0 heterocycles. The lowest BCUT2D eigenvalue weighted by atomic mass is 9.78. The predicted molar refractivity (Wildman–Crippen MR) is 60.6 cm³/mol. The minimum atomic E-state index is -4.29. The van der Waals surface area contributed by atoms with Crippen LogP contribution in [0.25, 0.3) is 0 Å². The van der Waals surface area contributed by atoms with E-state index in [1.165, 1.54) is 6.07 Å². The summed E-state index contributed by atoms with van der Waals surface area (Å²) in [4.78, 5) is 0. The van der Waals surface area contributed by atoms with E-state index in [1.54, 1.807) is 12.1 Å².